The monoisotopic (exact) mass is 474 g/mol. The van der Waals surface area contributed by atoms with Gasteiger partial charge in [-0.1, -0.05) is 52.0 Å². The number of rotatable bonds is 8. The number of benzene rings is 2. The van der Waals surface area contributed by atoms with Gasteiger partial charge >= 0.3 is 5.69 Å². The summed E-state index contributed by atoms with van der Waals surface area (Å²) in [6.07, 6.45) is 1.45. The molecule has 4 aromatic rings. The molecule has 0 atom stereocenters. The molecule has 0 aliphatic carbocycles. The lowest BCUT2D eigenvalue weighted by molar-refractivity contribution is 0.0973. The molecule has 182 valence electrons. The molecule has 0 bridgehead atoms. The Hall–Kier alpha value is -3.94. The number of ketones is 1. The fraction of sp³-hybridized carbons (Fsp3) is 0.333. The number of hydrogen-bond donors (Lipinski definition) is 0. The number of fused-ring (bicyclic) bond motifs is 1. The summed E-state index contributed by atoms with van der Waals surface area (Å²) in [7, 11) is 1.54. The first-order chi connectivity index (χ1) is 16.7. The number of carbonyl (C=O) groups is 1. The van der Waals surface area contributed by atoms with Crippen LogP contribution in [0.5, 0.6) is 5.75 Å². The van der Waals surface area contributed by atoms with Crippen molar-refractivity contribution >= 4 is 16.9 Å². The lowest BCUT2D eigenvalue weighted by Crippen LogP contribution is -2.41. The minimum absolute atomic E-state index is 0.0735. The summed E-state index contributed by atoms with van der Waals surface area (Å²) in [5.41, 5.74) is 1.77. The highest BCUT2D eigenvalue weighted by molar-refractivity contribution is 5.96. The Morgan fingerprint density at radius 2 is 1.74 bits per heavy atom. The smallest absolute Gasteiger partial charge is 0.337 e. The molecular formula is C27H30N4O4. The topological polar surface area (TPSA) is 88.1 Å². The van der Waals surface area contributed by atoms with Crippen LogP contribution in [0.15, 0.2) is 64.4 Å². The predicted octanol–water partition coefficient (Wildman–Crippen LogP) is 4.02. The third kappa shape index (κ3) is 4.69. The second kappa shape index (κ2) is 9.74. The van der Waals surface area contributed by atoms with Crippen molar-refractivity contribution in [3.05, 3.63) is 86.8 Å². The number of imidazole rings is 1. The van der Waals surface area contributed by atoms with E-state index in [0.717, 1.165) is 5.56 Å². The molecule has 0 aliphatic rings. The van der Waals surface area contributed by atoms with Crippen LogP contribution in [0.1, 0.15) is 49.5 Å². The second-order valence-corrected chi connectivity index (χ2v) is 9.37. The van der Waals surface area contributed by atoms with Gasteiger partial charge in [-0.15, -0.1) is 0 Å². The fourth-order valence-electron chi connectivity index (χ4n) is 4.11. The van der Waals surface area contributed by atoms with Crippen molar-refractivity contribution in [1.29, 1.82) is 0 Å². The zero-order chi connectivity index (χ0) is 25.3. The van der Waals surface area contributed by atoms with Gasteiger partial charge in [0.2, 0.25) is 0 Å². The summed E-state index contributed by atoms with van der Waals surface area (Å²) in [4.78, 5) is 44.4. The van der Waals surface area contributed by atoms with Crippen LogP contribution in [-0.4, -0.2) is 31.6 Å². The Morgan fingerprint density at radius 3 is 2.37 bits per heavy atom. The molecule has 2 heterocycles. The van der Waals surface area contributed by atoms with E-state index in [1.807, 2.05) is 38.1 Å². The Labute approximate surface area is 203 Å². The maximum absolute atomic E-state index is 13.5. The van der Waals surface area contributed by atoms with Crippen LogP contribution in [0.4, 0.5) is 0 Å². The van der Waals surface area contributed by atoms with Gasteiger partial charge in [-0.2, -0.15) is 0 Å². The molecule has 2 aromatic carbocycles. The lowest BCUT2D eigenvalue weighted by atomic mass is 10.0. The quantitative estimate of drug-likeness (QED) is 0.360. The average molecular weight is 475 g/mol. The van der Waals surface area contributed by atoms with Crippen LogP contribution in [0, 0.1) is 5.92 Å². The summed E-state index contributed by atoms with van der Waals surface area (Å²) in [6.45, 7) is 8.26. The fourth-order valence-corrected chi connectivity index (χ4v) is 4.11. The number of methoxy groups -OCH3 is 1. The molecule has 0 saturated carbocycles. The van der Waals surface area contributed by atoms with Crippen molar-refractivity contribution in [2.45, 2.75) is 46.7 Å². The highest BCUT2D eigenvalue weighted by Gasteiger charge is 2.21. The Kier molecular flexibility index (Phi) is 6.73. The predicted molar refractivity (Wildman–Crippen MR) is 136 cm³/mol. The average Bonchev–Trinajstić information content (AvgIpc) is 3.25. The lowest BCUT2D eigenvalue weighted by Gasteiger charge is -2.15. The van der Waals surface area contributed by atoms with Crippen LogP contribution in [0.3, 0.4) is 0 Å². The van der Waals surface area contributed by atoms with Crippen molar-refractivity contribution in [3.63, 3.8) is 0 Å². The SMILES string of the molecule is COc1cccc(C(=O)Cn2cnc3c2c(=O)n(CC(C)C)c(=O)n3-c2ccc(C(C)C)cc2)c1. The third-order valence-electron chi connectivity index (χ3n) is 5.97. The van der Waals surface area contributed by atoms with Gasteiger partial charge in [0, 0.05) is 12.1 Å². The van der Waals surface area contributed by atoms with Crippen LogP contribution in [0.25, 0.3) is 16.9 Å². The third-order valence-corrected chi connectivity index (χ3v) is 5.97. The first-order valence-corrected chi connectivity index (χ1v) is 11.7. The zero-order valence-electron chi connectivity index (χ0n) is 20.7. The molecule has 2 aromatic heterocycles. The molecule has 0 radical (unpaired) electrons. The number of Topliss-reactive ketones (excluding diaryl/α,β-unsaturated/α-hetero) is 1. The summed E-state index contributed by atoms with van der Waals surface area (Å²) < 4.78 is 9.43. The van der Waals surface area contributed by atoms with Gasteiger partial charge in [-0.25, -0.2) is 14.3 Å². The molecule has 4 rings (SSSR count). The summed E-state index contributed by atoms with van der Waals surface area (Å²) in [5.74, 6) is 0.795. The number of ether oxygens (including phenoxy) is 1. The molecular weight excluding hydrogens is 444 g/mol. The highest BCUT2D eigenvalue weighted by atomic mass is 16.5. The summed E-state index contributed by atoms with van der Waals surface area (Å²) in [5, 5.41) is 0. The molecule has 8 heteroatoms. The van der Waals surface area contributed by atoms with E-state index in [2.05, 4.69) is 18.8 Å². The second-order valence-electron chi connectivity index (χ2n) is 9.37. The highest BCUT2D eigenvalue weighted by Crippen LogP contribution is 2.19. The summed E-state index contributed by atoms with van der Waals surface area (Å²) >= 11 is 0. The van der Waals surface area contributed by atoms with Crippen molar-refractivity contribution in [2.24, 2.45) is 5.92 Å². The van der Waals surface area contributed by atoms with E-state index in [0.29, 0.717) is 22.9 Å². The molecule has 0 spiro atoms. The van der Waals surface area contributed by atoms with Crippen LogP contribution >= 0.6 is 0 Å². The van der Waals surface area contributed by atoms with Gasteiger partial charge < -0.3 is 9.30 Å². The Bertz CT molecular complexity index is 1490. The van der Waals surface area contributed by atoms with Gasteiger partial charge in [-0.3, -0.25) is 14.2 Å². The minimum atomic E-state index is -0.454. The van der Waals surface area contributed by atoms with Crippen molar-refractivity contribution in [1.82, 2.24) is 18.7 Å². The number of nitrogens with zero attached hydrogens (tertiary/aromatic N) is 4. The van der Waals surface area contributed by atoms with Crippen molar-refractivity contribution in [2.75, 3.05) is 7.11 Å². The van der Waals surface area contributed by atoms with Crippen molar-refractivity contribution < 1.29 is 9.53 Å². The largest absolute Gasteiger partial charge is 0.497 e. The standard InChI is InChI=1S/C27H30N4O4/c1-17(2)14-30-26(33)24-25(31(27(30)34)21-11-9-19(10-12-21)18(3)4)28-16-29(24)15-23(32)20-7-6-8-22(13-20)35-5/h6-13,16-18H,14-15H2,1-5H3. The van der Waals surface area contributed by atoms with Gasteiger partial charge in [0.1, 0.15) is 5.75 Å². The number of aromatic nitrogens is 4. The van der Waals surface area contributed by atoms with Gasteiger partial charge in [0.15, 0.2) is 16.9 Å². The first-order valence-electron chi connectivity index (χ1n) is 11.7. The molecule has 0 aliphatic heterocycles. The Balaban J connectivity index is 1.88. The molecule has 8 nitrogen and oxygen atoms in total. The summed E-state index contributed by atoms with van der Waals surface area (Å²) in [6, 6.07) is 14.5. The van der Waals surface area contributed by atoms with E-state index in [9.17, 15) is 14.4 Å². The van der Waals surface area contributed by atoms with Crippen molar-refractivity contribution in [3.8, 4) is 11.4 Å². The Morgan fingerprint density at radius 1 is 1.03 bits per heavy atom. The molecule has 0 unspecified atom stereocenters. The molecule has 0 fully saturated rings. The number of hydrogen-bond acceptors (Lipinski definition) is 5. The molecule has 0 saturated heterocycles. The van der Waals surface area contributed by atoms with E-state index in [4.69, 9.17) is 4.74 Å². The normalized spacial score (nSPS) is 11.5. The zero-order valence-corrected chi connectivity index (χ0v) is 20.7. The molecule has 0 N–H and O–H groups in total. The maximum atomic E-state index is 13.5. The van der Waals surface area contributed by atoms with Crippen LogP contribution < -0.4 is 16.0 Å². The van der Waals surface area contributed by atoms with E-state index in [-0.39, 0.29) is 36.0 Å². The van der Waals surface area contributed by atoms with Crippen LogP contribution in [-0.2, 0) is 13.1 Å². The van der Waals surface area contributed by atoms with E-state index < -0.39 is 11.2 Å². The van der Waals surface area contributed by atoms with E-state index in [1.54, 1.807) is 24.3 Å². The van der Waals surface area contributed by atoms with Crippen LogP contribution in [0.2, 0.25) is 0 Å². The maximum Gasteiger partial charge on any atom is 0.337 e. The van der Waals surface area contributed by atoms with E-state index >= 15 is 0 Å². The van der Waals surface area contributed by atoms with E-state index in [1.165, 1.54) is 27.1 Å². The number of carbonyl (C=O) groups excluding carboxylic acids is 1. The van der Waals surface area contributed by atoms with Gasteiger partial charge in [0.25, 0.3) is 5.56 Å². The molecule has 35 heavy (non-hydrogen) atoms. The first kappa shape index (κ1) is 24.2. The molecule has 0 amide bonds. The van der Waals surface area contributed by atoms with Gasteiger partial charge in [-0.05, 0) is 41.7 Å². The minimum Gasteiger partial charge on any atom is -0.497 e. The van der Waals surface area contributed by atoms with Gasteiger partial charge in [0.05, 0.1) is 25.7 Å².